The lowest BCUT2D eigenvalue weighted by Crippen LogP contribution is -2.21. The Balaban J connectivity index is 2.10. The number of para-hydroxylation sites is 1. The van der Waals surface area contributed by atoms with E-state index < -0.39 is 0 Å². The summed E-state index contributed by atoms with van der Waals surface area (Å²) >= 11 is 0. The van der Waals surface area contributed by atoms with E-state index in [-0.39, 0.29) is 5.91 Å². The number of likely N-dealkylation sites (N-methyl/N-ethyl adjacent to an activating group) is 1. The van der Waals surface area contributed by atoms with Crippen molar-refractivity contribution in [3.8, 4) is 0 Å². The number of amides is 1. The molecule has 0 fully saturated rings. The number of rotatable bonds is 7. The average Bonchev–Trinajstić information content (AvgIpc) is 2.56. The number of hydrogen-bond donors (Lipinski definition) is 2. The van der Waals surface area contributed by atoms with Gasteiger partial charge < -0.3 is 15.5 Å². The van der Waals surface area contributed by atoms with E-state index in [2.05, 4.69) is 27.4 Å². The zero-order valence-electron chi connectivity index (χ0n) is 14.9. The minimum atomic E-state index is -0.185. The number of aryl methyl sites for hydroxylation is 2. The summed E-state index contributed by atoms with van der Waals surface area (Å²) < 4.78 is 0. The van der Waals surface area contributed by atoms with E-state index in [0.717, 1.165) is 42.0 Å². The SMILES string of the molecule is CCc1cccc(C)c1NC(=O)c1cc(NCCN(C)C)ccn1. The van der Waals surface area contributed by atoms with Gasteiger partial charge in [0, 0.05) is 30.7 Å². The number of anilines is 2. The fraction of sp³-hybridized carbons (Fsp3) is 0.368. The largest absolute Gasteiger partial charge is 0.384 e. The molecule has 128 valence electrons. The van der Waals surface area contributed by atoms with Crippen LogP contribution in [0.4, 0.5) is 11.4 Å². The van der Waals surface area contributed by atoms with Crippen LogP contribution in [-0.4, -0.2) is 43.0 Å². The van der Waals surface area contributed by atoms with Crippen LogP contribution in [0.1, 0.15) is 28.5 Å². The Hall–Kier alpha value is -2.40. The van der Waals surface area contributed by atoms with Gasteiger partial charge in [0.25, 0.3) is 5.91 Å². The summed E-state index contributed by atoms with van der Waals surface area (Å²) in [6.07, 6.45) is 2.53. The van der Waals surface area contributed by atoms with Crippen LogP contribution >= 0.6 is 0 Å². The standard InChI is InChI=1S/C19H26N4O/c1-5-15-8-6-7-14(2)18(15)22-19(24)17-13-16(9-10-21-17)20-11-12-23(3)4/h6-10,13H,5,11-12H2,1-4H3,(H,20,21)(H,22,24). The molecule has 5 nitrogen and oxygen atoms in total. The summed E-state index contributed by atoms with van der Waals surface area (Å²) in [5.41, 5.74) is 4.39. The second-order valence-corrected chi connectivity index (χ2v) is 6.08. The minimum Gasteiger partial charge on any atom is -0.384 e. The third-order valence-corrected chi connectivity index (χ3v) is 3.86. The summed E-state index contributed by atoms with van der Waals surface area (Å²) in [6.45, 7) is 5.82. The van der Waals surface area contributed by atoms with Gasteiger partial charge in [0.2, 0.25) is 0 Å². The molecule has 0 unspecified atom stereocenters. The van der Waals surface area contributed by atoms with Gasteiger partial charge in [-0.15, -0.1) is 0 Å². The highest BCUT2D eigenvalue weighted by Crippen LogP contribution is 2.22. The molecule has 1 amide bonds. The van der Waals surface area contributed by atoms with Crippen molar-refractivity contribution < 1.29 is 4.79 Å². The van der Waals surface area contributed by atoms with E-state index in [9.17, 15) is 4.79 Å². The molecular weight excluding hydrogens is 300 g/mol. The molecule has 0 spiro atoms. The van der Waals surface area contributed by atoms with Crippen molar-refractivity contribution in [1.82, 2.24) is 9.88 Å². The molecule has 0 aliphatic rings. The van der Waals surface area contributed by atoms with E-state index in [0.29, 0.717) is 5.69 Å². The van der Waals surface area contributed by atoms with E-state index in [1.807, 2.05) is 45.3 Å². The third kappa shape index (κ3) is 4.80. The topological polar surface area (TPSA) is 57.3 Å². The van der Waals surface area contributed by atoms with E-state index >= 15 is 0 Å². The first-order chi connectivity index (χ1) is 11.5. The number of nitrogens with zero attached hydrogens (tertiary/aromatic N) is 2. The Morgan fingerprint density at radius 2 is 2.04 bits per heavy atom. The number of pyridine rings is 1. The van der Waals surface area contributed by atoms with Gasteiger partial charge in [-0.05, 0) is 50.7 Å². The van der Waals surface area contributed by atoms with E-state index in [4.69, 9.17) is 0 Å². The summed E-state index contributed by atoms with van der Waals surface area (Å²) in [4.78, 5) is 18.9. The second-order valence-electron chi connectivity index (χ2n) is 6.08. The highest BCUT2D eigenvalue weighted by Gasteiger charge is 2.12. The zero-order valence-corrected chi connectivity index (χ0v) is 14.9. The molecule has 1 aromatic carbocycles. The Kier molecular flexibility index (Phi) is 6.32. The monoisotopic (exact) mass is 326 g/mol. The van der Waals surface area contributed by atoms with Gasteiger partial charge in [-0.25, -0.2) is 0 Å². The molecule has 2 aromatic rings. The van der Waals surface area contributed by atoms with Crippen LogP contribution in [0.3, 0.4) is 0 Å². The van der Waals surface area contributed by atoms with Crippen LogP contribution in [0, 0.1) is 6.92 Å². The lowest BCUT2D eigenvalue weighted by molar-refractivity contribution is 0.102. The summed E-state index contributed by atoms with van der Waals surface area (Å²) in [7, 11) is 4.06. The summed E-state index contributed by atoms with van der Waals surface area (Å²) in [5, 5.41) is 6.32. The lowest BCUT2D eigenvalue weighted by atomic mass is 10.1. The van der Waals surface area contributed by atoms with Crippen molar-refractivity contribution in [3.63, 3.8) is 0 Å². The zero-order chi connectivity index (χ0) is 17.5. The van der Waals surface area contributed by atoms with Crippen LogP contribution in [0.2, 0.25) is 0 Å². The molecule has 24 heavy (non-hydrogen) atoms. The van der Waals surface area contributed by atoms with Crippen LogP contribution in [0.15, 0.2) is 36.5 Å². The average molecular weight is 326 g/mol. The molecule has 2 N–H and O–H groups in total. The van der Waals surface area contributed by atoms with Crippen molar-refractivity contribution >= 4 is 17.3 Å². The molecule has 0 saturated heterocycles. The molecule has 0 saturated carbocycles. The molecular formula is C19H26N4O. The van der Waals surface area contributed by atoms with Gasteiger partial charge in [0.05, 0.1) is 0 Å². The number of aromatic nitrogens is 1. The fourth-order valence-electron chi connectivity index (χ4n) is 2.47. The van der Waals surface area contributed by atoms with Crippen LogP contribution in [0.25, 0.3) is 0 Å². The highest BCUT2D eigenvalue weighted by atomic mass is 16.1. The first-order valence-electron chi connectivity index (χ1n) is 8.25. The molecule has 0 bridgehead atoms. The second kappa shape index (κ2) is 8.45. The smallest absolute Gasteiger partial charge is 0.274 e. The normalized spacial score (nSPS) is 10.7. The third-order valence-electron chi connectivity index (χ3n) is 3.86. The molecule has 0 atom stereocenters. The van der Waals surface area contributed by atoms with Crippen LogP contribution < -0.4 is 10.6 Å². The Morgan fingerprint density at radius 3 is 2.75 bits per heavy atom. The highest BCUT2D eigenvalue weighted by molar-refractivity contribution is 6.04. The van der Waals surface area contributed by atoms with Gasteiger partial charge in [-0.1, -0.05) is 25.1 Å². The van der Waals surface area contributed by atoms with Gasteiger partial charge in [-0.2, -0.15) is 0 Å². The maximum atomic E-state index is 12.6. The molecule has 0 radical (unpaired) electrons. The molecule has 0 aliphatic carbocycles. The van der Waals surface area contributed by atoms with Crippen molar-refractivity contribution in [2.45, 2.75) is 20.3 Å². The molecule has 1 aromatic heterocycles. The Bertz CT molecular complexity index is 698. The first-order valence-corrected chi connectivity index (χ1v) is 8.25. The lowest BCUT2D eigenvalue weighted by Gasteiger charge is -2.14. The van der Waals surface area contributed by atoms with Crippen LogP contribution in [0.5, 0.6) is 0 Å². The van der Waals surface area contributed by atoms with Crippen LogP contribution in [-0.2, 0) is 6.42 Å². The van der Waals surface area contributed by atoms with E-state index in [1.165, 1.54) is 0 Å². The minimum absolute atomic E-state index is 0.185. The molecule has 1 heterocycles. The van der Waals surface area contributed by atoms with Gasteiger partial charge in [0.15, 0.2) is 0 Å². The van der Waals surface area contributed by atoms with Crippen molar-refractivity contribution in [2.75, 3.05) is 37.8 Å². The quantitative estimate of drug-likeness (QED) is 0.820. The molecule has 0 aliphatic heterocycles. The summed E-state index contributed by atoms with van der Waals surface area (Å²) in [6, 6.07) is 9.71. The van der Waals surface area contributed by atoms with Gasteiger partial charge in [0.1, 0.15) is 5.69 Å². The fourth-order valence-corrected chi connectivity index (χ4v) is 2.47. The number of nitrogens with one attached hydrogen (secondary N) is 2. The predicted octanol–water partition coefficient (Wildman–Crippen LogP) is 3.18. The summed E-state index contributed by atoms with van der Waals surface area (Å²) in [5.74, 6) is -0.185. The maximum Gasteiger partial charge on any atom is 0.274 e. The van der Waals surface area contributed by atoms with Gasteiger partial charge >= 0.3 is 0 Å². The Morgan fingerprint density at radius 1 is 1.25 bits per heavy atom. The van der Waals surface area contributed by atoms with Crippen molar-refractivity contribution in [1.29, 1.82) is 0 Å². The number of carbonyl (C=O) groups is 1. The number of carbonyl (C=O) groups excluding carboxylic acids is 1. The van der Waals surface area contributed by atoms with Crippen molar-refractivity contribution in [3.05, 3.63) is 53.3 Å². The predicted molar refractivity (Wildman–Crippen MR) is 99.8 cm³/mol. The van der Waals surface area contributed by atoms with Gasteiger partial charge in [-0.3, -0.25) is 9.78 Å². The number of benzene rings is 1. The molecule has 5 heteroatoms. The molecule has 2 rings (SSSR count). The van der Waals surface area contributed by atoms with E-state index in [1.54, 1.807) is 12.3 Å². The number of hydrogen-bond acceptors (Lipinski definition) is 4. The van der Waals surface area contributed by atoms with Crippen molar-refractivity contribution in [2.24, 2.45) is 0 Å². The Labute approximate surface area is 144 Å². The first kappa shape index (κ1) is 17.9. The maximum absolute atomic E-state index is 12.6.